The van der Waals surface area contributed by atoms with Crippen molar-refractivity contribution < 1.29 is 4.74 Å². The number of amidine groups is 1. The van der Waals surface area contributed by atoms with Crippen LogP contribution in [0, 0.1) is 23.2 Å². The van der Waals surface area contributed by atoms with E-state index in [2.05, 4.69) is 69.8 Å². The molecule has 1 saturated heterocycles. The number of rotatable bonds is 9. The third kappa shape index (κ3) is 5.90. The summed E-state index contributed by atoms with van der Waals surface area (Å²) in [4.78, 5) is 17.4. The molecule has 4 N–H and O–H groups in total. The zero-order valence-electron chi connectivity index (χ0n) is 24.7. The predicted octanol–water partition coefficient (Wildman–Crippen LogP) is 4.88. The maximum Gasteiger partial charge on any atom is 0.208 e. The fraction of sp³-hybridized carbons (Fsp3) is 0.613. The van der Waals surface area contributed by atoms with Crippen LogP contribution in [0.1, 0.15) is 76.2 Å². The molecule has 0 unspecified atom stereocenters. The summed E-state index contributed by atoms with van der Waals surface area (Å²) in [6, 6.07) is 10.9. The topological polar surface area (TPSA) is 116 Å². The Morgan fingerprint density at radius 1 is 1.07 bits per heavy atom. The van der Waals surface area contributed by atoms with Gasteiger partial charge in [-0.05, 0) is 55.9 Å². The number of ether oxygens (including phenoxy) is 1. The highest BCUT2D eigenvalue weighted by Crippen LogP contribution is 2.38. The van der Waals surface area contributed by atoms with E-state index in [0.717, 1.165) is 36.3 Å². The van der Waals surface area contributed by atoms with Crippen LogP contribution < -0.4 is 21.1 Å². The lowest BCUT2D eigenvalue weighted by molar-refractivity contribution is 0.0927. The number of nitrogens with one attached hydrogen (secondary N) is 4. The summed E-state index contributed by atoms with van der Waals surface area (Å²) < 4.78 is 8.40. The van der Waals surface area contributed by atoms with Crippen LogP contribution in [-0.4, -0.2) is 58.2 Å². The molecule has 10 heteroatoms. The van der Waals surface area contributed by atoms with E-state index in [0.29, 0.717) is 36.5 Å². The molecule has 2 aliphatic carbocycles. The first-order valence-corrected chi connectivity index (χ1v) is 15.5. The number of benzene rings is 1. The first kappa shape index (κ1) is 27.9. The lowest BCUT2D eigenvalue weighted by Crippen LogP contribution is -2.41. The molecule has 41 heavy (non-hydrogen) atoms. The molecular formula is C31H45N9O. The molecule has 2 aromatic heterocycles. The van der Waals surface area contributed by atoms with Gasteiger partial charge in [-0.3, -0.25) is 5.41 Å². The molecule has 3 aliphatic rings. The van der Waals surface area contributed by atoms with Crippen LogP contribution >= 0.6 is 0 Å². The van der Waals surface area contributed by atoms with Crippen molar-refractivity contribution in [2.75, 3.05) is 37.0 Å². The number of anilines is 2. The third-order valence-corrected chi connectivity index (χ3v) is 9.42. The Hall–Kier alpha value is -3.24. The first-order chi connectivity index (χ1) is 20.0. The second-order valence-corrected chi connectivity index (χ2v) is 12.3. The standard InChI is InChI=1S/C31H45N9O/c1-20-12-14-22(15-13-20)18-40-26-28(34-21(2)23-10-7-11-23)35-30(27(32)38-33-3)36-29(26)37-31(40)39-16-17-41-19-25(39)24-8-5-4-6-9-24/h4-6,8-9,20-23,25,33H,7,10-19H2,1-3H3,(H2,32,38)(H,34,35,36)/t20-,21-,22-,25+/m1/s1. The first-order valence-electron chi connectivity index (χ1n) is 15.5. The summed E-state index contributed by atoms with van der Waals surface area (Å²) in [6.45, 7) is 7.55. The van der Waals surface area contributed by atoms with Crippen molar-refractivity contribution in [2.24, 2.45) is 17.8 Å². The number of morpholine rings is 1. The quantitative estimate of drug-likeness (QED) is 0.167. The van der Waals surface area contributed by atoms with Crippen molar-refractivity contribution in [3.05, 3.63) is 41.7 Å². The van der Waals surface area contributed by atoms with Gasteiger partial charge in [-0.15, -0.1) is 0 Å². The van der Waals surface area contributed by atoms with E-state index in [1.807, 2.05) is 0 Å². The van der Waals surface area contributed by atoms with E-state index in [1.165, 1.54) is 50.5 Å². The van der Waals surface area contributed by atoms with E-state index < -0.39 is 0 Å². The van der Waals surface area contributed by atoms with Crippen LogP contribution in [0.25, 0.3) is 11.2 Å². The van der Waals surface area contributed by atoms with Crippen LogP contribution in [0.3, 0.4) is 0 Å². The molecule has 1 aromatic carbocycles. The van der Waals surface area contributed by atoms with Gasteiger partial charge in [-0.1, -0.05) is 56.5 Å². The number of hydrogen-bond acceptors (Lipinski definition) is 8. The Balaban J connectivity index is 1.48. The molecule has 220 valence electrons. The summed E-state index contributed by atoms with van der Waals surface area (Å²) in [7, 11) is 1.74. The molecule has 0 radical (unpaired) electrons. The fourth-order valence-corrected chi connectivity index (χ4v) is 6.65. The zero-order valence-corrected chi connectivity index (χ0v) is 24.7. The Morgan fingerprint density at radius 2 is 1.85 bits per heavy atom. The molecule has 6 rings (SSSR count). The maximum atomic E-state index is 8.55. The average molecular weight is 560 g/mol. The SMILES string of the molecule is CNNC(=N)c1nc(N[C@H](C)C2CCC2)c2c(n1)nc(N1CCOC[C@H]1c1ccccc1)n2C[C@H]1CC[C@H](C)CC1. The van der Waals surface area contributed by atoms with Gasteiger partial charge in [0.25, 0.3) is 0 Å². The van der Waals surface area contributed by atoms with Gasteiger partial charge < -0.3 is 24.9 Å². The van der Waals surface area contributed by atoms with E-state index in [1.54, 1.807) is 7.05 Å². The van der Waals surface area contributed by atoms with Gasteiger partial charge in [0.05, 0.1) is 19.3 Å². The average Bonchev–Trinajstić information content (AvgIpc) is 3.32. The lowest BCUT2D eigenvalue weighted by atomic mass is 9.80. The molecule has 0 spiro atoms. The maximum absolute atomic E-state index is 8.55. The second kappa shape index (κ2) is 12.3. The summed E-state index contributed by atoms with van der Waals surface area (Å²) in [5.41, 5.74) is 8.50. The number of aromatic nitrogens is 4. The van der Waals surface area contributed by atoms with Crippen molar-refractivity contribution in [1.29, 1.82) is 5.41 Å². The van der Waals surface area contributed by atoms with E-state index in [-0.39, 0.29) is 17.9 Å². The minimum absolute atomic E-state index is 0.0638. The van der Waals surface area contributed by atoms with Gasteiger partial charge in [0, 0.05) is 26.2 Å². The number of hydrazine groups is 1. The van der Waals surface area contributed by atoms with Crippen LogP contribution in [0.5, 0.6) is 0 Å². The van der Waals surface area contributed by atoms with Crippen molar-refractivity contribution in [3.63, 3.8) is 0 Å². The summed E-state index contributed by atoms with van der Waals surface area (Å²) >= 11 is 0. The molecule has 2 saturated carbocycles. The molecule has 0 bridgehead atoms. The molecule has 3 heterocycles. The summed E-state index contributed by atoms with van der Waals surface area (Å²) in [5.74, 6) is 4.17. The van der Waals surface area contributed by atoms with Gasteiger partial charge in [0.15, 0.2) is 23.1 Å². The van der Waals surface area contributed by atoms with Crippen molar-refractivity contribution in [3.8, 4) is 0 Å². The number of nitrogens with zero attached hydrogens (tertiary/aromatic N) is 5. The highest BCUT2D eigenvalue weighted by atomic mass is 16.5. The third-order valence-electron chi connectivity index (χ3n) is 9.42. The number of imidazole rings is 1. The second-order valence-electron chi connectivity index (χ2n) is 12.3. The van der Waals surface area contributed by atoms with E-state index in [9.17, 15) is 0 Å². The molecule has 2 atom stereocenters. The van der Waals surface area contributed by atoms with Gasteiger partial charge in [0.2, 0.25) is 5.95 Å². The van der Waals surface area contributed by atoms with Crippen molar-refractivity contribution in [2.45, 2.75) is 77.4 Å². The predicted molar refractivity (Wildman–Crippen MR) is 163 cm³/mol. The smallest absolute Gasteiger partial charge is 0.208 e. The summed E-state index contributed by atoms with van der Waals surface area (Å²) in [6.07, 6.45) is 8.76. The summed E-state index contributed by atoms with van der Waals surface area (Å²) in [5, 5.41) is 12.3. The molecule has 10 nitrogen and oxygen atoms in total. The Labute approximate surface area is 243 Å². The van der Waals surface area contributed by atoms with Gasteiger partial charge in [0.1, 0.15) is 5.52 Å². The van der Waals surface area contributed by atoms with Crippen molar-refractivity contribution in [1.82, 2.24) is 30.4 Å². The molecule has 3 aromatic rings. The largest absolute Gasteiger partial charge is 0.377 e. The minimum Gasteiger partial charge on any atom is -0.377 e. The zero-order chi connectivity index (χ0) is 28.3. The molecule has 1 aliphatic heterocycles. The minimum atomic E-state index is 0.0638. The molecular weight excluding hydrogens is 514 g/mol. The number of hydrogen-bond donors (Lipinski definition) is 4. The normalized spacial score (nSPS) is 24.2. The van der Waals surface area contributed by atoms with Crippen LogP contribution in [0.15, 0.2) is 30.3 Å². The highest BCUT2D eigenvalue weighted by molar-refractivity contribution is 5.96. The van der Waals surface area contributed by atoms with Gasteiger partial charge in [-0.2, -0.15) is 4.98 Å². The fourth-order valence-electron chi connectivity index (χ4n) is 6.65. The lowest BCUT2D eigenvalue weighted by Gasteiger charge is -2.37. The van der Waals surface area contributed by atoms with Gasteiger partial charge in [-0.25, -0.2) is 15.4 Å². The van der Waals surface area contributed by atoms with Crippen LogP contribution in [-0.2, 0) is 11.3 Å². The highest BCUT2D eigenvalue weighted by Gasteiger charge is 2.33. The molecule has 3 fully saturated rings. The monoisotopic (exact) mass is 559 g/mol. The van der Waals surface area contributed by atoms with Gasteiger partial charge >= 0.3 is 0 Å². The van der Waals surface area contributed by atoms with E-state index >= 15 is 0 Å². The molecule has 0 amide bonds. The van der Waals surface area contributed by atoms with Crippen LogP contribution in [0.4, 0.5) is 11.8 Å². The Morgan fingerprint density at radius 3 is 2.56 bits per heavy atom. The Bertz CT molecular complexity index is 1330. The number of fused-ring (bicyclic) bond motifs is 1. The van der Waals surface area contributed by atoms with Crippen LogP contribution in [0.2, 0.25) is 0 Å². The van der Waals surface area contributed by atoms with E-state index in [4.69, 9.17) is 25.1 Å². The Kier molecular flexibility index (Phi) is 8.39. The van der Waals surface area contributed by atoms with Crippen molar-refractivity contribution >= 4 is 28.8 Å².